The summed E-state index contributed by atoms with van der Waals surface area (Å²) in [7, 11) is 0. The molecule has 0 unspecified atom stereocenters. The van der Waals surface area contributed by atoms with Gasteiger partial charge in [-0.1, -0.05) is 30.3 Å². The second-order valence-corrected chi connectivity index (χ2v) is 3.61. The van der Waals surface area contributed by atoms with Crippen molar-refractivity contribution in [2.75, 3.05) is 11.9 Å². The first-order valence-corrected chi connectivity index (χ1v) is 5.35. The zero-order valence-corrected chi connectivity index (χ0v) is 9.35. The van der Waals surface area contributed by atoms with E-state index in [1.165, 1.54) is 5.56 Å². The highest BCUT2D eigenvalue weighted by Crippen LogP contribution is 2.04. The fraction of sp³-hybridized carbons (Fsp3) is 0.182. The number of rotatable bonds is 4. The molecule has 1 aromatic heterocycles. The molecule has 1 N–H and O–H groups in total. The van der Waals surface area contributed by atoms with Crippen LogP contribution in [0.3, 0.4) is 0 Å². The average molecular weight is 235 g/mol. The Morgan fingerprint density at radius 3 is 2.75 bits per heavy atom. The predicted octanol–water partition coefficient (Wildman–Crippen LogP) is 2.18. The third kappa shape index (κ3) is 3.17. The fourth-order valence-electron chi connectivity index (χ4n) is 1.35. The van der Waals surface area contributed by atoms with E-state index in [0.29, 0.717) is 5.82 Å². The minimum absolute atomic E-state index is 0.157. The van der Waals surface area contributed by atoms with Crippen molar-refractivity contribution in [2.24, 2.45) is 0 Å². The zero-order valence-electron chi connectivity index (χ0n) is 8.60. The number of hydrogen-bond donors (Lipinski definition) is 1. The second kappa shape index (κ2) is 5.42. The Kier molecular flexibility index (Phi) is 3.66. The van der Waals surface area contributed by atoms with E-state index in [1.54, 1.807) is 6.20 Å². The molecule has 0 radical (unpaired) electrons. The summed E-state index contributed by atoms with van der Waals surface area (Å²) in [5.41, 5.74) is 1.28. The lowest BCUT2D eigenvalue weighted by Gasteiger charge is -2.04. The van der Waals surface area contributed by atoms with Gasteiger partial charge in [0.2, 0.25) is 5.28 Å². The van der Waals surface area contributed by atoms with Crippen LogP contribution < -0.4 is 5.32 Å². The maximum absolute atomic E-state index is 5.62. The van der Waals surface area contributed by atoms with E-state index in [1.807, 2.05) is 18.2 Å². The largest absolute Gasteiger partial charge is 0.368 e. The summed E-state index contributed by atoms with van der Waals surface area (Å²) in [6.45, 7) is 0.791. The van der Waals surface area contributed by atoms with Gasteiger partial charge in [0.25, 0.3) is 0 Å². The highest BCUT2D eigenvalue weighted by molar-refractivity contribution is 6.28. The Hall–Kier alpha value is -1.68. The van der Waals surface area contributed by atoms with Crippen LogP contribution in [0.25, 0.3) is 0 Å². The van der Waals surface area contributed by atoms with Crippen molar-refractivity contribution in [1.82, 2.24) is 15.2 Å². The number of nitrogens with one attached hydrogen (secondary N) is 1. The predicted molar refractivity (Wildman–Crippen MR) is 63.5 cm³/mol. The number of benzene rings is 1. The zero-order chi connectivity index (χ0) is 11.2. The van der Waals surface area contributed by atoms with Crippen molar-refractivity contribution in [3.05, 3.63) is 47.4 Å². The fourth-order valence-corrected chi connectivity index (χ4v) is 1.48. The van der Waals surface area contributed by atoms with Crippen LogP contribution in [-0.4, -0.2) is 21.7 Å². The van der Waals surface area contributed by atoms with Gasteiger partial charge in [0.05, 0.1) is 6.20 Å². The molecule has 0 aliphatic rings. The van der Waals surface area contributed by atoms with E-state index in [4.69, 9.17) is 11.6 Å². The van der Waals surface area contributed by atoms with Crippen LogP contribution in [0.4, 0.5) is 5.82 Å². The third-order valence-electron chi connectivity index (χ3n) is 2.10. The maximum Gasteiger partial charge on any atom is 0.244 e. The molecule has 16 heavy (non-hydrogen) atoms. The number of halogens is 1. The minimum atomic E-state index is 0.157. The van der Waals surface area contributed by atoms with Crippen LogP contribution in [0.15, 0.2) is 36.5 Å². The lowest BCUT2D eigenvalue weighted by atomic mass is 10.1. The van der Waals surface area contributed by atoms with E-state index in [-0.39, 0.29) is 5.28 Å². The molecule has 4 nitrogen and oxygen atoms in total. The first-order chi connectivity index (χ1) is 7.84. The molecule has 1 aromatic carbocycles. The lowest BCUT2D eigenvalue weighted by Crippen LogP contribution is -2.07. The van der Waals surface area contributed by atoms with E-state index in [2.05, 4.69) is 32.6 Å². The molecule has 5 heteroatoms. The van der Waals surface area contributed by atoms with Crippen LogP contribution >= 0.6 is 11.6 Å². The molecule has 0 amide bonds. The summed E-state index contributed by atoms with van der Waals surface area (Å²) in [6, 6.07) is 10.2. The molecule has 0 bridgehead atoms. The molecule has 0 aliphatic carbocycles. The Bertz CT molecular complexity index is 447. The van der Waals surface area contributed by atoms with Gasteiger partial charge in [-0.25, -0.2) is 0 Å². The Morgan fingerprint density at radius 2 is 2.00 bits per heavy atom. The molecule has 82 valence electrons. The van der Waals surface area contributed by atoms with Crippen LogP contribution in [0.1, 0.15) is 5.56 Å². The van der Waals surface area contributed by atoms with E-state index < -0.39 is 0 Å². The van der Waals surface area contributed by atoms with Crippen LogP contribution in [0.2, 0.25) is 5.28 Å². The SMILES string of the molecule is Clc1nncc(NCCc2ccccc2)n1. The smallest absolute Gasteiger partial charge is 0.244 e. The quantitative estimate of drug-likeness (QED) is 0.881. The maximum atomic E-state index is 5.62. The first kappa shape index (κ1) is 10.8. The summed E-state index contributed by atoms with van der Waals surface area (Å²) in [4.78, 5) is 3.99. The van der Waals surface area contributed by atoms with Gasteiger partial charge >= 0.3 is 0 Å². The number of hydrogen-bond acceptors (Lipinski definition) is 4. The van der Waals surface area contributed by atoms with Gasteiger partial charge in [0, 0.05) is 6.54 Å². The molecule has 0 fully saturated rings. The van der Waals surface area contributed by atoms with Crippen LogP contribution in [-0.2, 0) is 6.42 Å². The summed E-state index contributed by atoms with van der Waals surface area (Å²) in [6.07, 6.45) is 2.49. The van der Waals surface area contributed by atoms with Crippen molar-refractivity contribution in [1.29, 1.82) is 0 Å². The number of anilines is 1. The molecule has 2 aromatic rings. The minimum Gasteiger partial charge on any atom is -0.368 e. The molecule has 0 aliphatic heterocycles. The van der Waals surface area contributed by atoms with E-state index in [9.17, 15) is 0 Å². The first-order valence-electron chi connectivity index (χ1n) is 4.97. The highest BCUT2D eigenvalue weighted by Gasteiger charge is 1.97. The lowest BCUT2D eigenvalue weighted by molar-refractivity contribution is 0.944. The Labute approximate surface area is 98.7 Å². The van der Waals surface area contributed by atoms with Crippen LogP contribution in [0, 0.1) is 0 Å². The molecular formula is C11H11ClN4. The van der Waals surface area contributed by atoms with E-state index in [0.717, 1.165) is 13.0 Å². The van der Waals surface area contributed by atoms with Crippen molar-refractivity contribution in [3.8, 4) is 0 Å². The summed E-state index contributed by atoms with van der Waals surface area (Å²) < 4.78 is 0. The van der Waals surface area contributed by atoms with Gasteiger partial charge in [-0.05, 0) is 23.6 Å². The molecule has 1 heterocycles. The normalized spacial score (nSPS) is 10.1. The topological polar surface area (TPSA) is 50.7 Å². The van der Waals surface area contributed by atoms with Gasteiger partial charge in [-0.15, -0.1) is 5.10 Å². The van der Waals surface area contributed by atoms with Crippen molar-refractivity contribution in [2.45, 2.75) is 6.42 Å². The Balaban J connectivity index is 1.85. The average Bonchev–Trinajstić information content (AvgIpc) is 2.30. The van der Waals surface area contributed by atoms with Crippen molar-refractivity contribution >= 4 is 17.4 Å². The van der Waals surface area contributed by atoms with Gasteiger partial charge in [-0.3, -0.25) is 0 Å². The number of aromatic nitrogens is 3. The van der Waals surface area contributed by atoms with Gasteiger partial charge in [0.1, 0.15) is 5.82 Å². The molecule has 0 saturated carbocycles. The Morgan fingerprint density at radius 1 is 1.19 bits per heavy atom. The van der Waals surface area contributed by atoms with E-state index >= 15 is 0 Å². The molecule has 0 saturated heterocycles. The second-order valence-electron chi connectivity index (χ2n) is 3.27. The van der Waals surface area contributed by atoms with Gasteiger partial charge < -0.3 is 5.32 Å². The van der Waals surface area contributed by atoms with Gasteiger partial charge in [-0.2, -0.15) is 10.1 Å². The van der Waals surface area contributed by atoms with Crippen molar-refractivity contribution in [3.63, 3.8) is 0 Å². The monoisotopic (exact) mass is 234 g/mol. The standard InChI is InChI=1S/C11H11ClN4/c12-11-15-10(8-14-16-11)13-7-6-9-4-2-1-3-5-9/h1-5,8H,6-7H2,(H,13,15,16). The summed E-state index contributed by atoms with van der Waals surface area (Å²) >= 11 is 5.62. The molecular weight excluding hydrogens is 224 g/mol. The number of nitrogens with zero attached hydrogens (tertiary/aromatic N) is 3. The summed E-state index contributed by atoms with van der Waals surface area (Å²) in [5, 5.41) is 10.6. The third-order valence-corrected chi connectivity index (χ3v) is 2.26. The van der Waals surface area contributed by atoms with Gasteiger partial charge in [0.15, 0.2) is 0 Å². The molecule has 0 atom stereocenters. The van der Waals surface area contributed by atoms with Crippen molar-refractivity contribution < 1.29 is 0 Å². The molecule has 2 rings (SSSR count). The summed E-state index contributed by atoms with van der Waals surface area (Å²) in [5.74, 6) is 0.649. The molecule has 0 spiro atoms. The highest BCUT2D eigenvalue weighted by atomic mass is 35.5. The van der Waals surface area contributed by atoms with Crippen LogP contribution in [0.5, 0.6) is 0 Å².